The van der Waals surface area contributed by atoms with Crippen molar-refractivity contribution in [1.82, 2.24) is 5.32 Å². The molecule has 1 saturated heterocycles. The third kappa shape index (κ3) is 4.77. The number of benzene rings is 2. The third-order valence-electron chi connectivity index (χ3n) is 4.22. The molecule has 1 aliphatic heterocycles. The maximum absolute atomic E-state index is 13.4. The molecule has 0 amide bonds. The van der Waals surface area contributed by atoms with Gasteiger partial charge in [-0.05, 0) is 42.3 Å². The van der Waals surface area contributed by atoms with E-state index in [0.717, 1.165) is 30.8 Å². The summed E-state index contributed by atoms with van der Waals surface area (Å²) in [6.07, 6.45) is 0.977. The van der Waals surface area contributed by atoms with E-state index in [2.05, 4.69) is 10.2 Å². The van der Waals surface area contributed by atoms with Crippen LogP contribution in [0.3, 0.4) is 0 Å². The van der Waals surface area contributed by atoms with Gasteiger partial charge in [-0.3, -0.25) is 0 Å². The second kappa shape index (κ2) is 8.73. The number of hydrogen-bond donors (Lipinski definition) is 1. The number of anilines is 1. The van der Waals surface area contributed by atoms with Crippen LogP contribution in [0.1, 0.15) is 17.5 Å². The summed E-state index contributed by atoms with van der Waals surface area (Å²) >= 11 is 12.1. The van der Waals surface area contributed by atoms with E-state index in [1.54, 1.807) is 18.2 Å². The molecule has 25 heavy (non-hydrogen) atoms. The van der Waals surface area contributed by atoms with Gasteiger partial charge < -0.3 is 10.2 Å². The zero-order chi connectivity index (χ0) is 17.1. The summed E-state index contributed by atoms with van der Waals surface area (Å²) in [5.74, 6) is -0.479. The van der Waals surface area contributed by atoms with Crippen molar-refractivity contribution in [3.05, 3.63) is 63.4 Å². The van der Waals surface area contributed by atoms with Crippen molar-refractivity contribution in [2.24, 2.45) is 0 Å². The minimum absolute atomic E-state index is 0. The summed E-state index contributed by atoms with van der Waals surface area (Å²) in [4.78, 5) is 2.15. The molecule has 2 aromatic rings. The summed E-state index contributed by atoms with van der Waals surface area (Å²) in [7, 11) is 0. The van der Waals surface area contributed by atoms with Crippen LogP contribution in [0.5, 0.6) is 0 Å². The van der Waals surface area contributed by atoms with Gasteiger partial charge in [-0.1, -0.05) is 29.3 Å². The van der Waals surface area contributed by atoms with Crippen molar-refractivity contribution in [2.45, 2.75) is 19.0 Å². The highest BCUT2D eigenvalue weighted by Crippen LogP contribution is 2.24. The van der Waals surface area contributed by atoms with Crippen LogP contribution in [-0.4, -0.2) is 19.1 Å². The summed E-state index contributed by atoms with van der Waals surface area (Å²) < 4.78 is 13.4. The molecule has 1 atom stereocenters. The highest BCUT2D eigenvalue weighted by Gasteiger charge is 2.23. The predicted molar refractivity (Wildman–Crippen MR) is 102 cm³/mol. The zero-order valence-corrected chi connectivity index (χ0v) is 15.6. The maximum Gasteiger partial charge on any atom is 0.141 e. The van der Waals surface area contributed by atoms with Gasteiger partial charge in [-0.2, -0.15) is 5.26 Å². The van der Waals surface area contributed by atoms with Gasteiger partial charge >= 0.3 is 0 Å². The maximum atomic E-state index is 13.4. The third-order valence-corrected chi connectivity index (χ3v) is 4.81. The van der Waals surface area contributed by atoms with Crippen LogP contribution in [0.15, 0.2) is 36.4 Å². The lowest BCUT2D eigenvalue weighted by Crippen LogP contribution is -2.32. The minimum Gasteiger partial charge on any atom is -0.370 e. The number of nitrogens with one attached hydrogen (secondary N) is 1. The first-order valence-electron chi connectivity index (χ1n) is 7.68. The van der Waals surface area contributed by atoms with E-state index in [1.807, 2.05) is 18.2 Å². The topological polar surface area (TPSA) is 39.1 Å². The zero-order valence-electron chi connectivity index (χ0n) is 13.3. The molecule has 1 fully saturated rings. The van der Waals surface area contributed by atoms with E-state index < -0.39 is 5.82 Å². The summed E-state index contributed by atoms with van der Waals surface area (Å²) in [5.41, 5.74) is 1.96. The van der Waals surface area contributed by atoms with Gasteiger partial charge in [0, 0.05) is 41.4 Å². The number of hydrogen-bond acceptors (Lipinski definition) is 3. The monoisotopic (exact) mass is 399 g/mol. The summed E-state index contributed by atoms with van der Waals surface area (Å²) in [5, 5.41) is 13.7. The molecule has 1 aliphatic rings. The standard InChI is InChI=1S/C18H16Cl2FN3.ClH/c19-14-2-1-12(17(20)8-14)10-23-15-5-6-24(11-15)16-3-4-18(21)13(7-16)9-22;/h1-4,7-8,15,23H,5-6,10-11H2;1H. The molecule has 7 heteroatoms. The van der Waals surface area contributed by atoms with Crippen molar-refractivity contribution >= 4 is 41.3 Å². The average Bonchev–Trinajstić information content (AvgIpc) is 3.03. The van der Waals surface area contributed by atoms with Crippen LogP contribution in [0.4, 0.5) is 10.1 Å². The summed E-state index contributed by atoms with van der Waals surface area (Å²) in [6.45, 7) is 2.34. The Morgan fingerprint density at radius 1 is 1.24 bits per heavy atom. The lowest BCUT2D eigenvalue weighted by atomic mass is 10.2. The molecule has 1 heterocycles. The fourth-order valence-electron chi connectivity index (χ4n) is 2.88. The van der Waals surface area contributed by atoms with Crippen molar-refractivity contribution in [1.29, 1.82) is 5.26 Å². The fraction of sp³-hybridized carbons (Fsp3) is 0.278. The number of nitrogens with zero attached hydrogens (tertiary/aromatic N) is 2. The molecule has 0 saturated carbocycles. The smallest absolute Gasteiger partial charge is 0.141 e. The number of rotatable bonds is 4. The normalized spacial score (nSPS) is 16.4. The van der Waals surface area contributed by atoms with E-state index in [1.165, 1.54) is 6.07 Å². The van der Waals surface area contributed by atoms with Crippen LogP contribution in [0.2, 0.25) is 10.0 Å². The van der Waals surface area contributed by atoms with Crippen molar-refractivity contribution in [3.63, 3.8) is 0 Å². The van der Waals surface area contributed by atoms with Gasteiger partial charge in [-0.25, -0.2) is 4.39 Å². The minimum atomic E-state index is -0.479. The van der Waals surface area contributed by atoms with Crippen LogP contribution in [-0.2, 0) is 6.54 Å². The lowest BCUT2D eigenvalue weighted by molar-refractivity contribution is 0.551. The van der Waals surface area contributed by atoms with Crippen molar-refractivity contribution < 1.29 is 4.39 Å². The van der Waals surface area contributed by atoms with E-state index >= 15 is 0 Å². The first kappa shape index (κ1) is 19.8. The average molecular weight is 401 g/mol. The molecular weight excluding hydrogens is 384 g/mol. The van der Waals surface area contributed by atoms with E-state index in [9.17, 15) is 4.39 Å². The van der Waals surface area contributed by atoms with Crippen LogP contribution >= 0.6 is 35.6 Å². The molecule has 1 N–H and O–H groups in total. The van der Waals surface area contributed by atoms with Crippen LogP contribution in [0, 0.1) is 17.1 Å². The van der Waals surface area contributed by atoms with E-state index in [4.69, 9.17) is 28.5 Å². The largest absolute Gasteiger partial charge is 0.370 e. The Morgan fingerprint density at radius 2 is 2.04 bits per heavy atom. The van der Waals surface area contributed by atoms with Gasteiger partial charge in [0.25, 0.3) is 0 Å². The Balaban J connectivity index is 0.00000225. The first-order valence-corrected chi connectivity index (χ1v) is 8.44. The number of nitriles is 1. The van der Waals surface area contributed by atoms with Gasteiger partial charge in [0.1, 0.15) is 11.9 Å². The van der Waals surface area contributed by atoms with Crippen LogP contribution < -0.4 is 10.2 Å². The lowest BCUT2D eigenvalue weighted by Gasteiger charge is -2.19. The molecule has 0 aromatic heterocycles. The quantitative estimate of drug-likeness (QED) is 0.801. The molecule has 0 spiro atoms. The highest BCUT2D eigenvalue weighted by molar-refractivity contribution is 6.35. The second-order valence-corrected chi connectivity index (χ2v) is 6.67. The molecule has 3 nitrogen and oxygen atoms in total. The Morgan fingerprint density at radius 3 is 2.76 bits per heavy atom. The van der Waals surface area contributed by atoms with Gasteiger partial charge in [0.05, 0.1) is 5.56 Å². The van der Waals surface area contributed by atoms with E-state index in [-0.39, 0.29) is 18.0 Å². The summed E-state index contributed by atoms with van der Waals surface area (Å²) in [6, 6.07) is 12.4. The first-order chi connectivity index (χ1) is 11.6. The van der Waals surface area contributed by atoms with Crippen molar-refractivity contribution in [2.75, 3.05) is 18.0 Å². The Hall–Kier alpha value is -1.51. The Labute approximate surface area is 162 Å². The van der Waals surface area contributed by atoms with Gasteiger partial charge in [-0.15, -0.1) is 12.4 Å². The predicted octanol–water partition coefficient (Wildman–Crippen LogP) is 4.79. The molecule has 2 aromatic carbocycles. The SMILES string of the molecule is Cl.N#Cc1cc(N2CCC(NCc3ccc(Cl)cc3Cl)C2)ccc1F. The fourth-order valence-corrected chi connectivity index (χ4v) is 3.35. The molecule has 132 valence electrons. The van der Waals surface area contributed by atoms with Crippen LogP contribution in [0.25, 0.3) is 0 Å². The van der Waals surface area contributed by atoms with E-state index in [0.29, 0.717) is 22.6 Å². The molecule has 0 bridgehead atoms. The number of halogens is 4. The molecule has 0 radical (unpaired) electrons. The molecule has 3 rings (SSSR count). The molecule has 1 unspecified atom stereocenters. The molecule has 0 aliphatic carbocycles. The Kier molecular flexibility index (Phi) is 6.92. The van der Waals surface area contributed by atoms with Gasteiger partial charge in [0.2, 0.25) is 0 Å². The molecular formula is C18H17Cl3FN3. The highest BCUT2D eigenvalue weighted by atomic mass is 35.5. The van der Waals surface area contributed by atoms with Crippen molar-refractivity contribution in [3.8, 4) is 6.07 Å². The second-order valence-electron chi connectivity index (χ2n) is 5.82. The van der Waals surface area contributed by atoms with Gasteiger partial charge in [0.15, 0.2) is 0 Å². The Bertz CT molecular complexity index is 792.